The molecule has 1 saturated heterocycles. The number of carbonyl (C=O) groups is 1. The minimum Gasteiger partial charge on any atom is -0.465 e. The number of piperidine rings is 1. The maximum Gasteiger partial charge on any atom is 0.407 e. The minimum atomic E-state index is -0.854. The van der Waals surface area contributed by atoms with E-state index in [4.69, 9.17) is 10.2 Å². The van der Waals surface area contributed by atoms with Gasteiger partial charge < -0.3 is 15.1 Å². The number of aliphatic hydroxyl groups is 1. The largest absolute Gasteiger partial charge is 0.465 e. The monoisotopic (exact) mass is 143 g/mol. The molecule has 1 saturated carbocycles. The summed E-state index contributed by atoms with van der Waals surface area (Å²) in [7, 11) is 0. The van der Waals surface area contributed by atoms with Crippen LogP contribution in [0.3, 0.4) is 0 Å². The number of carboxylic acid groups (broad SMARTS) is 1. The Kier molecular flexibility index (Phi) is 0.976. The highest BCUT2D eigenvalue weighted by molar-refractivity contribution is 5.67. The summed E-state index contributed by atoms with van der Waals surface area (Å²) in [6, 6.07) is 0.132. The number of rotatable bonds is 0. The molecule has 0 spiro atoms. The Morgan fingerprint density at radius 1 is 1.60 bits per heavy atom. The molecule has 10 heavy (non-hydrogen) atoms. The van der Waals surface area contributed by atoms with Crippen molar-refractivity contribution in [2.24, 2.45) is 5.92 Å². The zero-order chi connectivity index (χ0) is 7.30. The van der Waals surface area contributed by atoms with Gasteiger partial charge in [-0.25, -0.2) is 4.79 Å². The van der Waals surface area contributed by atoms with Crippen molar-refractivity contribution < 1.29 is 15.0 Å². The van der Waals surface area contributed by atoms with Gasteiger partial charge in [0.05, 0.1) is 6.10 Å². The molecular formula is C6H9NO3. The van der Waals surface area contributed by atoms with E-state index in [1.807, 2.05) is 0 Å². The Balaban J connectivity index is 1.94. The maximum absolute atomic E-state index is 10.3. The van der Waals surface area contributed by atoms with Crippen LogP contribution >= 0.6 is 0 Å². The second-order valence-electron chi connectivity index (χ2n) is 2.97. The zero-order valence-corrected chi connectivity index (χ0v) is 5.40. The van der Waals surface area contributed by atoms with Gasteiger partial charge in [-0.2, -0.15) is 0 Å². The third-order valence-electron chi connectivity index (χ3n) is 2.52. The summed E-state index contributed by atoms with van der Waals surface area (Å²) in [6.45, 7) is 0.529. The summed E-state index contributed by atoms with van der Waals surface area (Å²) in [5.74, 6) is 0.246. The first-order chi connectivity index (χ1) is 4.70. The molecule has 2 aliphatic rings. The van der Waals surface area contributed by atoms with E-state index in [0.717, 1.165) is 0 Å². The number of hydrogen-bond acceptors (Lipinski definition) is 2. The molecule has 1 aliphatic heterocycles. The molecule has 2 rings (SSSR count). The summed E-state index contributed by atoms with van der Waals surface area (Å²) >= 11 is 0. The van der Waals surface area contributed by atoms with E-state index < -0.39 is 6.09 Å². The molecule has 2 N–H and O–H groups in total. The fraction of sp³-hybridized carbons (Fsp3) is 0.833. The lowest BCUT2D eigenvalue weighted by atomic mass is 9.69. The first-order valence-corrected chi connectivity index (χ1v) is 3.38. The van der Waals surface area contributed by atoms with Gasteiger partial charge in [-0.1, -0.05) is 0 Å². The average molecular weight is 143 g/mol. The Bertz CT molecular complexity index is 182. The first-order valence-electron chi connectivity index (χ1n) is 3.38. The van der Waals surface area contributed by atoms with E-state index in [0.29, 0.717) is 13.0 Å². The number of aliphatic hydroxyl groups excluding tert-OH is 1. The van der Waals surface area contributed by atoms with Gasteiger partial charge in [0, 0.05) is 18.5 Å². The Morgan fingerprint density at radius 2 is 2.30 bits per heavy atom. The van der Waals surface area contributed by atoms with Crippen LogP contribution in [0.25, 0.3) is 0 Å². The molecule has 0 aromatic rings. The van der Waals surface area contributed by atoms with E-state index in [-0.39, 0.29) is 18.1 Å². The molecule has 1 aliphatic carbocycles. The molecule has 0 radical (unpaired) electrons. The number of likely N-dealkylation sites (tertiary alicyclic amines) is 1. The van der Waals surface area contributed by atoms with Crippen LogP contribution < -0.4 is 0 Å². The van der Waals surface area contributed by atoms with Crippen molar-refractivity contribution in [2.45, 2.75) is 18.6 Å². The molecule has 3 atom stereocenters. The van der Waals surface area contributed by atoms with Gasteiger partial charge in [0.1, 0.15) is 0 Å². The summed E-state index contributed by atoms with van der Waals surface area (Å²) in [5, 5.41) is 17.5. The fourth-order valence-electron chi connectivity index (χ4n) is 1.70. The normalized spacial score (nSPS) is 43.3. The highest BCUT2D eigenvalue weighted by atomic mass is 16.4. The van der Waals surface area contributed by atoms with Gasteiger partial charge in [-0.3, -0.25) is 0 Å². The summed E-state index contributed by atoms with van der Waals surface area (Å²) < 4.78 is 0. The third-order valence-corrected chi connectivity index (χ3v) is 2.52. The van der Waals surface area contributed by atoms with Gasteiger partial charge in [0.15, 0.2) is 0 Å². The Labute approximate surface area is 58.1 Å². The molecule has 1 heterocycles. The van der Waals surface area contributed by atoms with Crippen LogP contribution in [-0.4, -0.2) is 39.9 Å². The Morgan fingerprint density at radius 3 is 2.60 bits per heavy atom. The molecular weight excluding hydrogens is 134 g/mol. The number of nitrogens with zero attached hydrogens (tertiary/aromatic N) is 1. The van der Waals surface area contributed by atoms with Crippen LogP contribution in [0.15, 0.2) is 0 Å². The molecule has 1 amide bonds. The van der Waals surface area contributed by atoms with E-state index in [1.54, 1.807) is 0 Å². The second-order valence-corrected chi connectivity index (χ2v) is 2.97. The summed E-state index contributed by atoms with van der Waals surface area (Å²) in [5.41, 5.74) is 0. The van der Waals surface area contributed by atoms with Gasteiger partial charge in [0.25, 0.3) is 0 Å². The predicted octanol–water partition coefficient (Wildman–Crippen LogP) is -0.271. The highest BCUT2D eigenvalue weighted by Gasteiger charge is 2.54. The van der Waals surface area contributed by atoms with Crippen molar-refractivity contribution in [1.29, 1.82) is 0 Å². The van der Waals surface area contributed by atoms with E-state index in [2.05, 4.69) is 0 Å². The molecule has 4 heteroatoms. The van der Waals surface area contributed by atoms with Gasteiger partial charge in [0.2, 0.25) is 0 Å². The molecule has 2 fully saturated rings. The topological polar surface area (TPSA) is 60.8 Å². The van der Waals surface area contributed by atoms with E-state index in [9.17, 15) is 4.79 Å². The van der Waals surface area contributed by atoms with Gasteiger partial charge in [-0.15, -0.1) is 0 Å². The van der Waals surface area contributed by atoms with E-state index >= 15 is 0 Å². The zero-order valence-electron chi connectivity index (χ0n) is 5.40. The highest BCUT2D eigenvalue weighted by Crippen LogP contribution is 2.41. The maximum atomic E-state index is 10.3. The van der Waals surface area contributed by atoms with Crippen molar-refractivity contribution >= 4 is 6.09 Å². The van der Waals surface area contributed by atoms with Crippen molar-refractivity contribution in [3.8, 4) is 0 Å². The van der Waals surface area contributed by atoms with Crippen LogP contribution in [0.1, 0.15) is 6.42 Å². The Hall–Kier alpha value is -0.770. The molecule has 0 aromatic heterocycles. The smallest absolute Gasteiger partial charge is 0.407 e. The third kappa shape index (κ3) is 0.520. The molecule has 2 unspecified atom stereocenters. The van der Waals surface area contributed by atoms with E-state index in [1.165, 1.54) is 4.90 Å². The lowest BCUT2D eigenvalue weighted by Gasteiger charge is -2.56. The van der Waals surface area contributed by atoms with Crippen LogP contribution in [0.4, 0.5) is 4.79 Å². The fourth-order valence-corrected chi connectivity index (χ4v) is 1.70. The van der Waals surface area contributed by atoms with Crippen LogP contribution in [0.5, 0.6) is 0 Å². The summed E-state index contributed by atoms with van der Waals surface area (Å²) in [6.07, 6.45) is -0.453. The number of fused-ring (bicyclic) bond motifs is 1. The standard InChI is InChI=1S/C6H9NO3/c8-5-1-4-3(5)2-7(4)6(9)10/h3-5,8H,1-2H2,(H,9,10)/t3?,4?,5-/m0/s1. The number of amides is 1. The van der Waals surface area contributed by atoms with Gasteiger partial charge >= 0.3 is 6.09 Å². The predicted molar refractivity (Wildman–Crippen MR) is 32.6 cm³/mol. The first kappa shape index (κ1) is 5.97. The minimum absolute atomic E-state index is 0.132. The van der Waals surface area contributed by atoms with Crippen LogP contribution in [0.2, 0.25) is 0 Å². The van der Waals surface area contributed by atoms with Crippen molar-refractivity contribution in [3.05, 3.63) is 0 Å². The van der Waals surface area contributed by atoms with Gasteiger partial charge in [-0.05, 0) is 6.42 Å². The second kappa shape index (κ2) is 1.63. The molecule has 0 aromatic carbocycles. The van der Waals surface area contributed by atoms with Crippen molar-refractivity contribution in [1.82, 2.24) is 4.90 Å². The molecule has 0 bridgehead atoms. The SMILES string of the molecule is O=C(O)N1CC2C1C[C@@H]2O. The van der Waals surface area contributed by atoms with Crippen molar-refractivity contribution in [2.75, 3.05) is 6.54 Å². The summed E-state index contributed by atoms with van der Waals surface area (Å²) in [4.78, 5) is 11.7. The lowest BCUT2D eigenvalue weighted by Crippen LogP contribution is -2.70. The number of hydrogen-bond donors (Lipinski definition) is 2. The molecule has 56 valence electrons. The van der Waals surface area contributed by atoms with Crippen molar-refractivity contribution in [3.63, 3.8) is 0 Å². The van der Waals surface area contributed by atoms with Crippen LogP contribution in [-0.2, 0) is 0 Å². The molecule has 4 nitrogen and oxygen atoms in total. The quantitative estimate of drug-likeness (QED) is 0.490. The van der Waals surface area contributed by atoms with Crippen LogP contribution in [0, 0.1) is 5.92 Å². The average Bonchev–Trinajstić information content (AvgIpc) is 1.81. The lowest BCUT2D eigenvalue weighted by molar-refractivity contribution is -0.133.